The zero-order chi connectivity index (χ0) is 23.5. The van der Waals surface area contributed by atoms with Crippen molar-refractivity contribution in [3.05, 3.63) is 63.7 Å². The van der Waals surface area contributed by atoms with Gasteiger partial charge in [0.15, 0.2) is 0 Å². The number of nitrogens with one attached hydrogen (secondary N) is 1. The SMILES string of the molecule is CC[C@@H](C(=O)Nc1nnc(-c2ccc(Cl)cc2)s1)N(c1cccc([N+](=O)[O-])c1)S(C)(=O)=O. The lowest BCUT2D eigenvalue weighted by Gasteiger charge is -2.29. The molecule has 0 saturated carbocycles. The quantitative estimate of drug-likeness (QED) is 0.369. The van der Waals surface area contributed by atoms with Gasteiger partial charge < -0.3 is 0 Å². The first-order valence-electron chi connectivity index (χ1n) is 9.24. The summed E-state index contributed by atoms with van der Waals surface area (Å²) in [5.41, 5.74) is 0.486. The highest BCUT2D eigenvalue weighted by Gasteiger charge is 2.32. The normalized spacial score (nSPS) is 12.2. The highest BCUT2D eigenvalue weighted by Crippen LogP contribution is 2.29. The zero-order valence-corrected chi connectivity index (χ0v) is 19.3. The molecule has 13 heteroatoms. The standard InChI is InChI=1S/C19H18ClN5O5S2/c1-3-16(24(32(2,29)30)14-5-4-6-15(11-14)25(27)28)17(26)21-19-23-22-18(31-19)12-7-9-13(20)10-8-12/h4-11,16H,3H2,1-2H3,(H,21,23,26)/t16-/m0/s1. The molecule has 3 rings (SSSR count). The maximum atomic E-state index is 13.0. The molecule has 0 radical (unpaired) electrons. The molecule has 1 amide bonds. The van der Waals surface area contributed by atoms with Crippen molar-refractivity contribution in [3.8, 4) is 10.6 Å². The Bertz CT molecular complexity index is 1250. The van der Waals surface area contributed by atoms with Crippen LogP contribution in [-0.4, -0.2) is 41.7 Å². The summed E-state index contributed by atoms with van der Waals surface area (Å²) < 4.78 is 25.9. The van der Waals surface area contributed by atoms with Crippen LogP contribution in [0.2, 0.25) is 5.02 Å². The van der Waals surface area contributed by atoms with Gasteiger partial charge in [-0.25, -0.2) is 8.42 Å². The molecule has 32 heavy (non-hydrogen) atoms. The summed E-state index contributed by atoms with van der Waals surface area (Å²) in [7, 11) is -3.95. The number of benzene rings is 2. The summed E-state index contributed by atoms with van der Waals surface area (Å²) in [4.78, 5) is 23.5. The van der Waals surface area contributed by atoms with E-state index in [2.05, 4.69) is 15.5 Å². The lowest BCUT2D eigenvalue weighted by atomic mass is 10.2. The van der Waals surface area contributed by atoms with Gasteiger partial charge in [-0.1, -0.05) is 48.1 Å². The van der Waals surface area contributed by atoms with Crippen LogP contribution in [0, 0.1) is 10.1 Å². The summed E-state index contributed by atoms with van der Waals surface area (Å²) in [6.07, 6.45) is 1.05. The number of rotatable bonds is 8. The van der Waals surface area contributed by atoms with Crippen molar-refractivity contribution in [2.24, 2.45) is 0 Å². The molecule has 1 N–H and O–H groups in total. The maximum Gasteiger partial charge on any atom is 0.271 e. The number of amides is 1. The summed E-state index contributed by atoms with van der Waals surface area (Å²) >= 11 is 7.00. The summed E-state index contributed by atoms with van der Waals surface area (Å²) in [6.45, 7) is 1.64. The van der Waals surface area contributed by atoms with Crippen molar-refractivity contribution in [2.75, 3.05) is 15.9 Å². The van der Waals surface area contributed by atoms with Gasteiger partial charge in [-0.05, 0) is 24.6 Å². The van der Waals surface area contributed by atoms with E-state index in [4.69, 9.17) is 11.6 Å². The Balaban J connectivity index is 1.88. The number of carbonyl (C=O) groups excluding carboxylic acids is 1. The molecule has 1 atom stereocenters. The van der Waals surface area contributed by atoms with Gasteiger partial charge in [-0.3, -0.25) is 24.5 Å². The minimum Gasteiger partial charge on any atom is -0.299 e. The topological polar surface area (TPSA) is 135 Å². The molecular weight excluding hydrogens is 478 g/mol. The molecule has 1 aromatic heterocycles. The number of hydrogen-bond acceptors (Lipinski definition) is 8. The molecule has 0 aliphatic rings. The first-order valence-corrected chi connectivity index (χ1v) is 12.3. The van der Waals surface area contributed by atoms with Gasteiger partial charge in [-0.15, -0.1) is 10.2 Å². The van der Waals surface area contributed by atoms with E-state index in [1.54, 1.807) is 31.2 Å². The van der Waals surface area contributed by atoms with E-state index in [1.165, 1.54) is 18.2 Å². The fourth-order valence-corrected chi connectivity index (χ4v) is 5.06. The van der Waals surface area contributed by atoms with Gasteiger partial charge in [0, 0.05) is 22.7 Å². The maximum absolute atomic E-state index is 13.0. The first kappa shape index (κ1) is 23.6. The first-order chi connectivity index (χ1) is 15.1. The van der Waals surface area contributed by atoms with Crippen LogP contribution in [-0.2, 0) is 14.8 Å². The average Bonchev–Trinajstić information content (AvgIpc) is 3.19. The minimum absolute atomic E-state index is 0.0165. The number of carbonyl (C=O) groups is 1. The predicted octanol–water partition coefficient (Wildman–Crippen LogP) is 3.95. The van der Waals surface area contributed by atoms with E-state index in [0.717, 1.165) is 33.5 Å². The molecule has 0 fully saturated rings. The third-order valence-corrected chi connectivity index (χ3v) is 6.69. The lowest BCUT2D eigenvalue weighted by Crippen LogP contribution is -2.47. The van der Waals surface area contributed by atoms with Crippen molar-refractivity contribution in [3.63, 3.8) is 0 Å². The number of hydrogen-bond donors (Lipinski definition) is 1. The highest BCUT2D eigenvalue weighted by atomic mass is 35.5. The third-order valence-electron chi connectivity index (χ3n) is 4.37. The predicted molar refractivity (Wildman–Crippen MR) is 123 cm³/mol. The van der Waals surface area contributed by atoms with Gasteiger partial charge in [-0.2, -0.15) is 0 Å². The molecule has 0 aliphatic heterocycles. The summed E-state index contributed by atoms with van der Waals surface area (Å²) in [5, 5.41) is 23.0. The van der Waals surface area contributed by atoms with Crippen molar-refractivity contribution < 1.29 is 18.1 Å². The van der Waals surface area contributed by atoms with Crippen LogP contribution < -0.4 is 9.62 Å². The second kappa shape index (κ2) is 9.59. The van der Waals surface area contributed by atoms with E-state index in [-0.39, 0.29) is 22.9 Å². The van der Waals surface area contributed by atoms with Crippen LogP contribution in [0.3, 0.4) is 0 Å². The van der Waals surface area contributed by atoms with E-state index in [9.17, 15) is 23.3 Å². The zero-order valence-electron chi connectivity index (χ0n) is 16.9. The Kier molecular flexibility index (Phi) is 7.06. The Morgan fingerprint density at radius 3 is 2.53 bits per heavy atom. The van der Waals surface area contributed by atoms with E-state index < -0.39 is 26.9 Å². The Morgan fingerprint density at radius 2 is 1.94 bits per heavy atom. The Labute approximate surface area is 193 Å². The van der Waals surface area contributed by atoms with Crippen molar-refractivity contribution in [1.82, 2.24) is 10.2 Å². The Morgan fingerprint density at radius 1 is 1.25 bits per heavy atom. The van der Waals surface area contributed by atoms with Crippen LogP contribution in [0.5, 0.6) is 0 Å². The van der Waals surface area contributed by atoms with E-state index in [1.807, 2.05) is 0 Å². The van der Waals surface area contributed by atoms with Crippen LogP contribution in [0.1, 0.15) is 13.3 Å². The molecule has 0 spiro atoms. The molecule has 2 aromatic carbocycles. The molecule has 10 nitrogen and oxygen atoms in total. The number of halogens is 1. The third kappa shape index (κ3) is 5.39. The monoisotopic (exact) mass is 495 g/mol. The van der Waals surface area contributed by atoms with Gasteiger partial charge >= 0.3 is 0 Å². The van der Waals surface area contributed by atoms with Gasteiger partial charge in [0.25, 0.3) is 5.69 Å². The number of sulfonamides is 1. The second-order valence-electron chi connectivity index (χ2n) is 6.67. The lowest BCUT2D eigenvalue weighted by molar-refractivity contribution is -0.384. The summed E-state index contributed by atoms with van der Waals surface area (Å²) in [6, 6.07) is 10.9. The highest BCUT2D eigenvalue weighted by molar-refractivity contribution is 7.92. The minimum atomic E-state index is -3.95. The number of anilines is 2. The average molecular weight is 496 g/mol. The number of nitro benzene ring substituents is 1. The number of nitro groups is 1. The van der Waals surface area contributed by atoms with Gasteiger partial charge in [0.1, 0.15) is 11.0 Å². The second-order valence-corrected chi connectivity index (χ2v) is 9.94. The van der Waals surface area contributed by atoms with Crippen molar-refractivity contribution in [1.29, 1.82) is 0 Å². The van der Waals surface area contributed by atoms with Crippen molar-refractivity contribution in [2.45, 2.75) is 19.4 Å². The number of aromatic nitrogens is 2. The van der Waals surface area contributed by atoms with Crippen LogP contribution >= 0.6 is 22.9 Å². The fraction of sp³-hybridized carbons (Fsp3) is 0.211. The van der Waals surface area contributed by atoms with E-state index >= 15 is 0 Å². The number of nitrogens with zero attached hydrogens (tertiary/aromatic N) is 4. The van der Waals surface area contributed by atoms with Gasteiger partial charge in [0.05, 0.1) is 16.9 Å². The smallest absolute Gasteiger partial charge is 0.271 e. The van der Waals surface area contributed by atoms with Crippen LogP contribution in [0.15, 0.2) is 48.5 Å². The molecule has 0 saturated heterocycles. The molecule has 1 heterocycles. The molecule has 0 bridgehead atoms. The molecule has 0 unspecified atom stereocenters. The van der Waals surface area contributed by atoms with E-state index in [0.29, 0.717) is 10.0 Å². The van der Waals surface area contributed by atoms with Crippen molar-refractivity contribution >= 4 is 55.4 Å². The molecule has 168 valence electrons. The number of non-ortho nitro benzene ring substituents is 1. The molecule has 3 aromatic rings. The largest absolute Gasteiger partial charge is 0.299 e. The Hall–Kier alpha value is -3.09. The molecule has 0 aliphatic carbocycles. The summed E-state index contributed by atoms with van der Waals surface area (Å²) in [5.74, 6) is -0.636. The molecular formula is C19H18ClN5O5S2. The van der Waals surface area contributed by atoms with Crippen LogP contribution in [0.25, 0.3) is 10.6 Å². The van der Waals surface area contributed by atoms with Gasteiger partial charge in [0.2, 0.25) is 21.1 Å². The van der Waals surface area contributed by atoms with Crippen LogP contribution in [0.4, 0.5) is 16.5 Å². The fourth-order valence-electron chi connectivity index (χ4n) is 2.98.